The van der Waals surface area contributed by atoms with E-state index in [0.717, 1.165) is 0 Å². The van der Waals surface area contributed by atoms with E-state index in [-0.39, 0.29) is 18.3 Å². The van der Waals surface area contributed by atoms with Crippen LogP contribution in [0, 0.1) is 5.82 Å². The van der Waals surface area contributed by atoms with Crippen molar-refractivity contribution in [1.29, 1.82) is 0 Å². The summed E-state index contributed by atoms with van der Waals surface area (Å²) in [6.45, 7) is 2.52. The maximum atomic E-state index is 13.3. The molecule has 1 amide bonds. The Labute approximate surface area is 142 Å². The van der Waals surface area contributed by atoms with Crippen LogP contribution in [-0.2, 0) is 4.79 Å². The van der Waals surface area contributed by atoms with Gasteiger partial charge in [0.05, 0.1) is 29.0 Å². The second kappa shape index (κ2) is 6.84. The number of fused-ring (bicyclic) bond motifs is 1. The summed E-state index contributed by atoms with van der Waals surface area (Å²) in [5.41, 5.74) is 1.24. The number of nitrogens with zero attached hydrogens (tertiary/aromatic N) is 3. The second-order valence-electron chi connectivity index (χ2n) is 5.10. The van der Waals surface area contributed by atoms with Gasteiger partial charge in [0.1, 0.15) is 11.6 Å². The van der Waals surface area contributed by atoms with E-state index in [4.69, 9.17) is 11.6 Å². The number of anilines is 1. The van der Waals surface area contributed by atoms with Crippen LogP contribution < -0.4 is 10.6 Å². The van der Waals surface area contributed by atoms with Gasteiger partial charge < -0.3 is 10.6 Å². The highest BCUT2D eigenvalue weighted by Crippen LogP contribution is 2.24. The van der Waals surface area contributed by atoms with Crippen LogP contribution in [0.3, 0.4) is 0 Å². The van der Waals surface area contributed by atoms with Crippen molar-refractivity contribution in [2.45, 2.75) is 6.92 Å². The zero-order chi connectivity index (χ0) is 17.1. The van der Waals surface area contributed by atoms with Crippen LogP contribution in [0.4, 0.5) is 10.2 Å². The molecule has 6 nitrogen and oxygen atoms in total. The van der Waals surface area contributed by atoms with E-state index in [1.807, 2.05) is 6.92 Å². The summed E-state index contributed by atoms with van der Waals surface area (Å²) in [5, 5.41) is 11.1. The normalized spacial score (nSPS) is 10.8. The Balaban J connectivity index is 1.88. The van der Waals surface area contributed by atoms with Gasteiger partial charge in [-0.2, -0.15) is 5.10 Å². The predicted octanol–water partition coefficient (Wildman–Crippen LogP) is 2.76. The predicted molar refractivity (Wildman–Crippen MR) is 91.0 cm³/mol. The summed E-state index contributed by atoms with van der Waals surface area (Å²) in [5.74, 6) is 0.0367. The topological polar surface area (TPSA) is 71.8 Å². The van der Waals surface area contributed by atoms with E-state index in [1.54, 1.807) is 23.0 Å². The van der Waals surface area contributed by atoms with Crippen molar-refractivity contribution in [3.05, 3.63) is 47.5 Å². The lowest BCUT2D eigenvalue weighted by Gasteiger charge is -2.09. The van der Waals surface area contributed by atoms with Gasteiger partial charge >= 0.3 is 0 Å². The van der Waals surface area contributed by atoms with E-state index < -0.39 is 0 Å². The third-order valence-corrected chi connectivity index (χ3v) is 3.64. The first-order chi connectivity index (χ1) is 11.6. The maximum absolute atomic E-state index is 13.3. The summed E-state index contributed by atoms with van der Waals surface area (Å²) >= 11 is 6.20. The highest BCUT2D eigenvalue weighted by molar-refractivity contribution is 6.32. The number of carbonyl (C=O) groups excluding carboxylic acids is 1. The summed E-state index contributed by atoms with van der Waals surface area (Å²) in [7, 11) is 0. The number of carbonyl (C=O) groups is 1. The van der Waals surface area contributed by atoms with E-state index in [9.17, 15) is 9.18 Å². The number of nitrogens with one attached hydrogen (secondary N) is 2. The lowest BCUT2D eigenvalue weighted by atomic mass is 10.2. The number of hydrogen-bond acceptors (Lipinski definition) is 4. The first-order valence-corrected chi connectivity index (χ1v) is 7.76. The molecule has 0 saturated heterocycles. The molecule has 0 saturated carbocycles. The van der Waals surface area contributed by atoms with Crippen LogP contribution >= 0.6 is 11.6 Å². The van der Waals surface area contributed by atoms with Crippen molar-refractivity contribution in [3.8, 4) is 5.69 Å². The van der Waals surface area contributed by atoms with Crippen LogP contribution in [0.15, 0.2) is 36.7 Å². The molecular weight excluding hydrogens is 333 g/mol. The van der Waals surface area contributed by atoms with E-state index in [0.29, 0.717) is 34.0 Å². The number of amides is 1. The van der Waals surface area contributed by atoms with Crippen LogP contribution in [0.1, 0.15) is 6.92 Å². The average Bonchev–Trinajstić information content (AvgIpc) is 2.97. The van der Waals surface area contributed by atoms with Gasteiger partial charge in [0.15, 0.2) is 0 Å². The molecule has 0 unspecified atom stereocenters. The molecule has 0 spiro atoms. The molecule has 24 heavy (non-hydrogen) atoms. The summed E-state index contributed by atoms with van der Waals surface area (Å²) < 4.78 is 14.9. The highest BCUT2D eigenvalue weighted by atomic mass is 35.5. The van der Waals surface area contributed by atoms with Crippen molar-refractivity contribution < 1.29 is 9.18 Å². The van der Waals surface area contributed by atoms with Crippen molar-refractivity contribution in [2.24, 2.45) is 0 Å². The Morgan fingerprint density at radius 2 is 2.21 bits per heavy atom. The largest absolute Gasteiger partial charge is 0.361 e. The second-order valence-corrected chi connectivity index (χ2v) is 5.51. The Hall–Kier alpha value is -2.67. The third-order valence-electron chi connectivity index (χ3n) is 3.35. The van der Waals surface area contributed by atoms with Crippen molar-refractivity contribution in [1.82, 2.24) is 20.1 Å². The summed E-state index contributed by atoms with van der Waals surface area (Å²) in [4.78, 5) is 15.6. The Bertz CT molecular complexity index is 895. The number of likely N-dealkylation sites (N-methyl/N-ethyl adjacent to an activating group) is 1. The molecule has 3 aromatic rings. The number of benzene rings is 1. The van der Waals surface area contributed by atoms with Gasteiger partial charge in [0.25, 0.3) is 0 Å². The molecule has 3 rings (SSSR count). The molecule has 8 heteroatoms. The fourth-order valence-electron chi connectivity index (χ4n) is 2.25. The first kappa shape index (κ1) is 16.2. The lowest BCUT2D eigenvalue weighted by molar-refractivity contribution is -0.119. The lowest BCUT2D eigenvalue weighted by Crippen LogP contribution is -2.29. The van der Waals surface area contributed by atoms with Gasteiger partial charge in [-0.3, -0.25) is 4.79 Å². The molecule has 0 atom stereocenters. The number of hydrogen-bond donors (Lipinski definition) is 2. The standard InChI is InChI=1S/C16H15ClFN5O/c1-2-19-16(24)8-21-15-6-14(12(17)7-20-15)23-9-10-5-11(18)3-4-13(10)22-23/h3-7,9H,2,8H2,1H3,(H,19,24)(H,20,21). The number of pyridine rings is 1. The minimum absolute atomic E-state index is 0.105. The molecule has 0 radical (unpaired) electrons. The van der Waals surface area contributed by atoms with E-state index in [2.05, 4.69) is 20.7 Å². The SMILES string of the molecule is CCNC(=O)CNc1cc(-n2cc3cc(F)ccc3n2)c(Cl)cn1. The van der Waals surface area contributed by atoms with Gasteiger partial charge in [-0.05, 0) is 25.1 Å². The molecule has 1 aromatic carbocycles. The fourth-order valence-corrected chi connectivity index (χ4v) is 2.44. The Morgan fingerprint density at radius 3 is 3.00 bits per heavy atom. The first-order valence-electron chi connectivity index (χ1n) is 7.38. The van der Waals surface area contributed by atoms with E-state index >= 15 is 0 Å². The smallest absolute Gasteiger partial charge is 0.239 e. The molecule has 2 N–H and O–H groups in total. The summed E-state index contributed by atoms with van der Waals surface area (Å²) in [6, 6.07) is 6.05. The molecule has 124 valence electrons. The number of halogens is 2. The molecule has 2 aromatic heterocycles. The Morgan fingerprint density at radius 1 is 1.38 bits per heavy atom. The highest BCUT2D eigenvalue weighted by Gasteiger charge is 2.10. The zero-order valence-corrected chi connectivity index (χ0v) is 13.6. The molecule has 0 aliphatic heterocycles. The Kier molecular flexibility index (Phi) is 4.61. The minimum atomic E-state index is -0.327. The van der Waals surface area contributed by atoms with Crippen molar-refractivity contribution in [2.75, 3.05) is 18.4 Å². The van der Waals surface area contributed by atoms with Gasteiger partial charge in [-0.25, -0.2) is 14.1 Å². The number of rotatable bonds is 5. The molecular formula is C16H15ClFN5O. The van der Waals surface area contributed by atoms with Crippen LogP contribution in [0.5, 0.6) is 0 Å². The van der Waals surface area contributed by atoms with E-state index in [1.165, 1.54) is 18.3 Å². The monoisotopic (exact) mass is 347 g/mol. The average molecular weight is 348 g/mol. The maximum Gasteiger partial charge on any atom is 0.239 e. The third kappa shape index (κ3) is 3.46. The molecule has 0 aliphatic rings. The molecule has 0 fully saturated rings. The van der Waals surface area contributed by atoms with Gasteiger partial charge in [0.2, 0.25) is 5.91 Å². The zero-order valence-electron chi connectivity index (χ0n) is 12.9. The molecule has 0 bridgehead atoms. The van der Waals surface area contributed by atoms with Crippen molar-refractivity contribution in [3.63, 3.8) is 0 Å². The van der Waals surface area contributed by atoms with Crippen molar-refractivity contribution >= 4 is 34.2 Å². The minimum Gasteiger partial charge on any atom is -0.361 e. The van der Waals surface area contributed by atoms with Gasteiger partial charge in [-0.1, -0.05) is 11.6 Å². The van der Waals surface area contributed by atoms with Crippen LogP contribution in [-0.4, -0.2) is 33.8 Å². The van der Waals surface area contributed by atoms with Crippen LogP contribution in [0.2, 0.25) is 5.02 Å². The fraction of sp³-hybridized carbons (Fsp3) is 0.188. The van der Waals surface area contributed by atoms with Crippen LogP contribution in [0.25, 0.3) is 16.6 Å². The molecule has 0 aliphatic carbocycles. The quantitative estimate of drug-likeness (QED) is 0.744. The van der Waals surface area contributed by atoms with Gasteiger partial charge in [0, 0.05) is 24.2 Å². The summed E-state index contributed by atoms with van der Waals surface area (Å²) in [6.07, 6.45) is 3.16. The van der Waals surface area contributed by atoms with Gasteiger partial charge in [-0.15, -0.1) is 0 Å². The number of aromatic nitrogens is 3. The molecule has 2 heterocycles.